The van der Waals surface area contributed by atoms with Gasteiger partial charge in [0.25, 0.3) is 0 Å². The lowest BCUT2D eigenvalue weighted by atomic mass is 10.0. The van der Waals surface area contributed by atoms with Gasteiger partial charge in [-0.1, -0.05) is 30.3 Å². The molecule has 0 aliphatic carbocycles. The number of nitrogens with one attached hydrogen (secondary N) is 1. The minimum atomic E-state index is -3.79. The molecule has 0 fully saturated rings. The van der Waals surface area contributed by atoms with Crippen molar-refractivity contribution in [3.05, 3.63) is 54.1 Å². The first-order valence-corrected chi connectivity index (χ1v) is 7.93. The number of fused-ring (bicyclic) bond motifs is 1. The van der Waals surface area contributed by atoms with Crippen molar-refractivity contribution in [3.63, 3.8) is 0 Å². The molecule has 0 aromatic heterocycles. The molecule has 2 aromatic carbocycles. The van der Waals surface area contributed by atoms with Crippen LogP contribution in [-0.4, -0.2) is 15.0 Å². The highest BCUT2D eigenvalue weighted by atomic mass is 32.2. The minimum Gasteiger partial charge on any atom is -0.382 e. The van der Waals surface area contributed by atoms with E-state index in [1.807, 2.05) is 12.1 Å². The van der Waals surface area contributed by atoms with E-state index in [1.165, 1.54) is 12.1 Å². The van der Waals surface area contributed by atoms with Crippen LogP contribution in [0.3, 0.4) is 0 Å². The number of hydrogen-bond acceptors (Lipinski definition) is 4. The highest BCUT2D eigenvalue weighted by molar-refractivity contribution is 7.87. The van der Waals surface area contributed by atoms with Gasteiger partial charge in [-0.25, -0.2) is 0 Å². The molecule has 0 radical (unpaired) electrons. The fourth-order valence-electron chi connectivity index (χ4n) is 2.30. The quantitative estimate of drug-likeness (QED) is 0.883. The van der Waals surface area contributed by atoms with Crippen LogP contribution in [-0.2, 0) is 16.5 Å². The van der Waals surface area contributed by atoms with Crippen LogP contribution in [0.1, 0.15) is 12.0 Å². The van der Waals surface area contributed by atoms with Crippen LogP contribution in [0.4, 0.5) is 5.69 Å². The molecule has 20 heavy (non-hydrogen) atoms. The molecule has 1 aliphatic heterocycles. The summed E-state index contributed by atoms with van der Waals surface area (Å²) >= 11 is 0. The van der Waals surface area contributed by atoms with Crippen LogP contribution in [0.15, 0.2) is 53.4 Å². The number of para-hydroxylation sites is 1. The van der Waals surface area contributed by atoms with Crippen molar-refractivity contribution in [2.75, 3.05) is 11.9 Å². The molecule has 0 amide bonds. The van der Waals surface area contributed by atoms with Gasteiger partial charge in [-0.05, 0) is 36.6 Å². The van der Waals surface area contributed by atoms with E-state index in [4.69, 9.17) is 4.18 Å². The van der Waals surface area contributed by atoms with E-state index in [0.717, 1.165) is 30.6 Å². The molecule has 1 heterocycles. The SMILES string of the molecule is O=S(=O)(Oc1cccc2c1NCCC2)c1ccccc1. The van der Waals surface area contributed by atoms with E-state index < -0.39 is 10.1 Å². The Morgan fingerprint density at radius 3 is 2.60 bits per heavy atom. The van der Waals surface area contributed by atoms with Crippen molar-refractivity contribution < 1.29 is 12.6 Å². The summed E-state index contributed by atoms with van der Waals surface area (Å²) in [6.07, 6.45) is 1.98. The number of benzene rings is 2. The van der Waals surface area contributed by atoms with Crippen LogP contribution in [0.2, 0.25) is 0 Å². The van der Waals surface area contributed by atoms with Gasteiger partial charge in [-0.3, -0.25) is 0 Å². The molecule has 0 saturated heterocycles. The Kier molecular flexibility index (Phi) is 3.36. The third-order valence-corrected chi connectivity index (χ3v) is 4.52. The molecule has 104 valence electrons. The third kappa shape index (κ3) is 2.49. The lowest BCUT2D eigenvalue weighted by Gasteiger charge is -2.20. The topological polar surface area (TPSA) is 55.4 Å². The maximum Gasteiger partial charge on any atom is 0.339 e. The number of hydrogen-bond donors (Lipinski definition) is 1. The summed E-state index contributed by atoms with van der Waals surface area (Å²) in [4.78, 5) is 0.161. The smallest absolute Gasteiger partial charge is 0.339 e. The fourth-order valence-corrected chi connectivity index (χ4v) is 3.26. The summed E-state index contributed by atoms with van der Waals surface area (Å²) in [5, 5.41) is 3.22. The molecule has 0 spiro atoms. The largest absolute Gasteiger partial charge is 0.382 e. The van der Waals surface area contributed by atoms with Gasteiger partial charge in [0.15, 0.2) is 5.75 Å². The number of anilines is 1. The summed E-state index contributed by atoms with van der Waals surface area (Å²) in [5.41, 5.74) is 1.88. The summed E-state index contributed by atoms with van der Waals surface area (Å²) in [6, 6.07) is 13.7. The first kappa shape index (κ1) is 13.0. The van der Waals surface area contributed by atoms with Gasteiger partial charge in [0.2, 0.25) is 0 Å². The van der Waals surface area contributed by atoms with Crippen molar-refractivity contribution in [1.82, 2.24) is 0 Å². The third-order valence-electron chi connectivity index (χ3n) is 3.27. The summed E-state index contributed by atoms with van der Waals surface area (Å²) in [7, 11) is -3.79. The Morgan fingerprint density at radius 1 is 1.00 bits per heavy atom. The van der Waals surface area contributed by atoms with E-state index in [1.54, 1.807) is 24.3 Å². The Hall–Kier alpha value is -2.01. The van der Waals surface area contributed by atoms with Gasteiger partial charge < -0.3 is 9.50 Å². The Morgan fingerprint density at radius 2 is 1.80 bits per heavy atom. The zero-order valence-electron chi connectivity index (χ0n) is 10.9. The molecule has 1 N–H and O–H groups in total. The lowest BCUT2D eigenvalue weighted by molar-refractivity contribution is 0.486. The van der Waals surface area contributed by atoms with Crippen LogP contribution in [0, 0.1) is 0 Å². The molecule has 3 rings (SSSR count). The van der Waals surface area contributed by atoms with Crippen molar-refractivity contribution in [2.45, 2.75) is 17.7 Å². The minimum absolute atomic E-state index is 0.161. The van der Waals surface area contributed by atoms with Crippen LogP contribution < -0.4 is 9.50 Å². The van der Waals surface area contributed by atoms with Gasteiger partial charge in [-0.15, -0.1) is 0 Å². The molecule has 0 bridgehead atoms. The zero-order chi connectivity index (χ0) is 14.0. The van der Waals surface area contributed by atoms with E-state index >= 15 is 0 Å². The second-order valence-corrected chi connectivity index (χ2v) is 6.22. The normalized spacial score (nSPS) is 14.2. The summed E-state index contributed by atoms with van der Waals surface area (Å²) in [6.45, 7) is 0.832. The van der Waals surface area contributed by atoms with E-state index in [0.29, 0.717) is 5.75 Å². The molecule has 4 nitrogen and oxygen atoms in total. The highest BCUT2D eigenvalue weighted by Crippen LogP contribution is 2.33. The van der Waals surface area contributed by atoms with Crippen molar-refractivity contribution >= 4 is 15.8 Å². The van der Waals surface area contributed by atoms with Gasteiger partial charge in [0.05, 0.1) is 5.69 Å². The molecular formula is C15H15NO3S. The second kappa shape index (κ2) is 5.17. The van der Waals surface area contributed by atoms with Crippen molar-refractivity contribution in [2.24, 2.45) is 0 Å². The average Bonchev–Trinajstić information content (AvgIpc) is 2.48. The van der Waals surface area contributed by atoms with Gasteiger partial charge in [0.1, 0.15) is 4.90 Å². The summed E-state index contributed by atoms with van der Waals surface area (Å²) < 4.78 is 29.8. The van der Waals surface area contributed by atoms with Crippen LogP contribution in [0.25, 0.3) is 0 Å². The predicted octanol–water partition coefficient (Wildman–Crippen LogP) is 2.81. The van der Waals surface area contributed by atoms with Crippen molar-refractivity contribution in [1.29, 1.82) is 0 Å². The maximum atomic E-state index is 12.2. The molecule has 0 atom stereocenters. The Bertz CT molecular complexity index is 711. The number of rotatable bonds is 3. The second-order valence-electron chi connectivity index (χ2n) is 4.67. The zero-order valence-corrected chi connectivity index (χ0v) is 11.7. The molecule has 0 unspecified atom stereocenters. The monoisotopic (exact) mass is 289 g/mol. The van der Waals surface area contributed by atoms with E-state index in [-0.39, 0.29) is 4.90 Å². The fraction of sp³-hybridized carbons (Fsp3) is 0.200. The first-order chi connectivity index (χ1) is 9.67. The van der Waals surface area contributed by atoms with Crippen molar-refractivity contribution in [3.8, 4) is 5.75 Å². The van der Waals surface area contributed by atoms with Gasteiger partial charge >= 0.3 is 10.1 Å². The van der Waals surface area contributed by atoms with Gasteiger partial charge in [-0.2, -0.15) is 8.42 Å². The Balaban J connectivity index is 1.96. The van der Waals surface area contributed by atoms with Gasteiger partial charge in [0, 0.05) is 6.54 Å². The number of aryl methyl sites for hydroxylation is 1. The molecule has 1 aliphatic rings. The van der Waals surface area contributed by atoms with Crippen LogP contribution >= 0.6 is 0 Å². The molecule has 5 heteroatoms. The van der Waals surface area contributed by atoms with Crippen LogP contribution in [0.5, 0.6) is 5.75 Å². The standard InChI is InChI=1S/C15H15NO3S/c17-20(18,13-8-2-1-3-9-13)19-14-10-4-6-12-7-5-11-16-15(12)14/h1-4,6,8-10,16H,5,7,11H2. The molecule has 2 aromatic rings. The van der Waals surface area contributed by atoms with E-state index in [9.17, 15) is 8.42 Å². The lowest BCUT2D eigenvalue weighted by Crippen LogP contribution is -2.15. The molecular weight excluding hydrogens is 274 g/mol. The molecule has 0 saturated carbocycles. The average molecular weight is 289 g/mol. The maximum absolute atomic E-state index is 12.2. The van der Waals surface area contributed by atoms with E-state index in [2.05, 4.69) is 5.32 Å². The summed E-state index contributed by atoms with van der Waals surface area (Å²) in [5.74, 6) is 0.367. The highest BCUT2D eigenvalue weighted by Gasteiger charge is 2.20. The first-order valence-electron chi connectivity index (χ1n) is 6.52. The predicted molar refractivity (Wildman–Crippen MR) is 77.5 cm³/mol. The Labute approximate surface area is 118 Å².